The van der Waals surface area contributed by atoms with Gasteiger partial charge in [0, 0.05) is 11.8 Å². The number of aromatic nitrogens is 2. The smallest absolute Gasteiger partial charge is 0.305 e. The average Bonchev–Trinajstić information content (AvgIpc) is 2.26. The van der Waals surface area contributed by atoms with Gasteiger partial charge in [0.05, 0.1) is 5.69 Å². The van der Waals surface area contributed by atoms with Crippen molar-refractivity contribution in [3.8, 4) is 11.3 Å². The zero-order chi connectivity index (χ0) is 11.7. The quantitative estimate of drug-likeness (QED) is 0.792. The molecule has 1 aromatic heterocycles. The molecule has 0 aliphatic rings. The predicted octanol–water partition coefficient (Wildman–Crippen LogP) is 2.36. The van der Waals surface area contributed by atoms with Crippen LogP contribution in [-0.4, -0.2) is 9.97 Å². The first kappa shape index (κ1) is 10.6. The summed E-state index contributed by atoms with van der Waals surface area (Å²) in [6, 6.07) is 6.07. The minimum Gasteiger partial charge on any atom is -0.305 e. The second kappa shape index (κ2) is 3.93. The van der Waals surface area contributed by atoms with Gasteiger partial charge >= 0.3 is 5.69 Å². The Bertz CT molecular complexity index is 585. The van der Waals surface area contributed by atoms with Crippen molar-refractivity contribution in [1.82, 2.24) is 9.97 Å². The van der Waals surface area contributed by atoms with Crippen LogP contribution >= 0.6 is 0 Å². The Morgan fingerprint density at radius 1 is 1.12 bits per heavy atom. The lowest BCUT2D eigenvalue weighted by atomic mass is 9.99. The van der Waals surface area contributed by atoms with Crippen molar-refractivity contribution in [3.63, 3.8) is 0 Å². The van der Waals surface area contributed by atoms with Crippen molar-refractivity contribution in [3.05, 3.63) is 51.6 Å². The van der Waals surface area contributed by atoms with Crippen LogP contribution in [0.4, 0.5) is 0 Å². The fourth-order valence-electron chi connectivity index (χ4n) is 1.76. The Morgan fingerprint density at radius 3 is 2.62 bits per heavy atom. The summed E-state index contributed by atoms with van der Waals surface area (Å²) in [5.41, 5.74) is 5.01. The van der Waals surface area contributed by atoms with E-state index in [0.29, 0.717) is 0 Å². The van der Waals surface area contributed by atoms with E-state index in [1.165, 1.54) is 11.1 Å². The SMILES string of the molecule is Cc1cnc(=O)[nH]c1-c1cccc(C)c1C. The average molecular weight is 214 g/mol. The number of hydrogen-bond donors (Lipinski definition) is 1. The van der Waals surface area contributed by atoms with Gasteiger partial charge in [0.2, 0.25) is 0 Å². The number of hydrogen-bond acceptors (Lipinski definition) is 2. The molecule has 0 bridgehead atoms. The third kappa shape index (κ3) is 1.76. The van der Waals surface area contributed by atoms with Crippen molar-refractivity contribution in [2.24, 2.45) is 0 Å². The molecule has 0 radical (unpaired) electrons. The second-order valence-corrected chi connectivity index (χ2v) is 3.99. The summed E-state index contributed by atoms with van der Waals surface area (Å²) < 4.78 is 0. The maximum Gasteiger partial charge on any atom is 0.345 e. The number of H-pyrrole nitrogens is 1. The van der Waals surface area contributed by atoms with E-state index in [4.69, 9.17) is 0 Å². The Hall–Kier alpha value is -1.90. The van der Waals surface area contributed by atoms with E-state index in [1.54, 1.807) is 6.20 Å². The fraction of sp³-hybridized carbons (Fsp3) is 0.231. The summed E-state index contributed by atoms with van der Waals surface area (Å²) >= 11 is 0. The molecule has 0 aliphatic carbocycles. The molecule has 0 saturated heterocycles. The van der Waals surface area contributed by atoms with Gasteiger partial charge in [0.1, 0.15) is 0 Å². The Kier molecular flexibility index (Phi) is 2.60. The van der Waals surface area contributed by atoms with Crippen molar-refractivity contribution in [1.29, 1.82) is 0 Å². The summed E-state index contributed by atoms with van der Waals surface area (Å²) in [7, 11) is 0. The van der Waals surface area contributed by atoms with Crippen molar-refractivity contribution < 1.29 is 0 Å². The highest BCUT2D eigenvalue weighted by atomic mass is 16.1. The van der Waals surface area contributed by atoms with Crippen LogP contribution in [0.1, 0.15) is 16.7 Å². The van der Waals surface area contributed by atoms with E-state index < -0.39 is 0 Å². The molecule has 1 N–H and O–H groups in total. The molecule has 3 nitrogen and oxygen atoms in total. The Labute approximate surface area is 94.2 Å². The number of nitrogens with zero attached hydrogens (tertiary/aromatic N) is 1. The largest absolute Gasteiger partial charge is 0.345 e. The number of benzene rings is 1. The molecule has 0 saturated carbocycles. The lowest BCUT2D eigenvalue weighted by Crippen LogP contribution is -2.11. The summed E-state index contributed by atoms with van der Waals surface area (Å²) in [6.07, 6.45) is 1.61. The van der Waals surface area contributed by atoms with Crippen LogP contribution in [0.5, 0.6) is 0 Å². The van der Waals surface area contributed by atoms with Gasteiger partial charge in [-0.15, -0.1) is 0 Å². The van der Waals surface area contributed by atoms with Crippen LogP contribution in [0.3, 0.4) is 0 Å². The lowest BCUT2D eigenvalue weighted by Gasteiger charge is -2.10. The second-order valence-electron chi connectivity index (χ2n) is 3.99. The lowest BCUT2D eigenvalue weighted by molar-refractivity contribution is 1.05. The van der Waals surface area contributed by atoms with E-state index in [-0.39, 0.29) is 5.69 Å². The molecule has 16 heavy (non-hydrogen) atoms. The van der Waals surface area contributed by atoms with Gasteiger partial charge in [-0.2, -0.15) is 0 Å². The highest BCUT2D eigenvalue weighted by molar-refractivity contribution is 5.67. The van der Waals surface area contributed by atoms with Gasteiger partial charge < -0.3 is 4.98 Å². The normalized spacial score (nSPS) is 10.4. The van der Waals surface area contributed by atoms with Crippen molar-refractivity contribution in [2.45, 2.75) is 20.8 Å². The molecule has 2 aromatic rings. The summed E-state index contributed by atoms with van der Waals surface area (Å²) in [4.78, 5) is 17.7. The molecule has 0 unspecified atom stereocenters. The third-order valence-corrected chi connectivity index (χ3v) is 2.88. The van der Waals surface area contributed by atoms with E-state index in [9.17, 15) is 4.79 Å². The highest BCUT2D eigenvalue weighted by Crippen LogP contribution is 2.24. The van der Waals surface area contributed by atoms with Gasteiger partial charge in [-0.3, -0.25) is 0 Å². The van der Waals surface area contributed by atoms with Gasteiger partial charge in [0.25, 0.3) is 0 Å². The van der Waals surface area contributed by atoms with E-state index in [2.05, 4.69) is 29.9 Å². The molecule has 1 heterocycles. The number of nitrogens with one attached hydrogen (secondary N) is 1. The molecule has 0 aliphatic heterocycles. The fourth-order valence-corrected chi connectivity index (χ4v) is 1.76. The zero-order valence-electron chi connectivity index (χ0n) is 9.66. The molecular weight excluding hydrogens is 200 g/mol. The standard InChI is InChI=1S/C13H14N2O/c1-8-5-4-6-11(10(8)3)12-9(2)7-14-13(16)15-12/h4-7H,1-3H3,(H,14,15,16). The molecule has 2 rings (SSSR count). The molecule has 0 atom stereocenters. The van der Waals surface area contributed by atoms with Gasteiger partial charge in [-0.1, -0.05) is 18.2 Å². The van der Waals surface area contributed by atoms with Crippen molar-refractivity contribution in [2.75, 3.05) is 0 Å². The van der Waals surface area contributed by atoms with Crippen LogP contribution in [0.25, 0.3) is 11.3 Å². The summed E-state index contributed by atoms with van der Waals surface area (Å²) in [5, 5.41) is 0. The maximum atomic E-state index is 11.2. The minimum absolute atomic E-state index is 0.304. The molecule has 0 amide bonds. The predicted molar refractivity (Wildman–Crippen MR) is 64.5 cm³/mol. The molecule has 82 valence electrons. The first-order chi connectivity index (χ1) is 7.59. The molecule has 0 fully saturated rings. The van der Waals surface area contributed by atoms with E-state index in [1.807, 2.05) is 19.1 Å². The van der Waals surface area contributed by atoms with Crippen LogP contribution in [-0.2, 0) is 0 Å². The van der Waals surface area contributed by atoms with Crippen molar-refractivity contribution >= 4 is 0 Å². The maximum absolute atomic E-state index is 11.2. The van der Waals surface area contributed by atoms with Crippen LogP contribution < -0.4 is 5.69 Å². The van der Waals surface area contributed by atoms with Gasteiger partial charge in [-0.05, 0) is 37.5 Å². The third-order valence-electron chi connectivity index (χ3n) is 2.88. The summed E-state index contributed by atoms with van der Waals surface area (Å²) in [5.74, 6) is 0. The summed E-state index contributed by atoms with van der Waals surface area (Å²) in [6.45, 7) is 6.07. The zero-order valence-corrected chi connectivity index (χ0v) is 9.66. The number of rotatable bonds is 1. The van der Waals surface area contributed by atoms with E-state index in [0.717, 1.165) is 16.8 Å². The Morgan fingerprint density at radius 2 is 1.88 bits per heavy atom. The Balaban J connectivity index is 2.72. The molecule has 3 heteroatoms. The number of aromatic amines is 1. The molecule has 0 spiro atoms. The van der Waals surface area contributed by atoms with Crippen LogP contribution in [0, 0.1) is 20.8 Å². The number of aryl methyl sites for hydroxylation is 2. The van der Waals surface area contributed by atoms with E-state index >= 15 is 0 Å². The monoisotopic (exact) mass is 214 g/mol. The highest BCUT2D eigenvalue weighted by Gasteiger charge is 2.07. The van der Waals surface area contributed by atoms with Crippen LogP contribution in [0.15, 0.2) is 29.2 Å². The van der Waals surface area contributed by atoms with Crippen LogP contribution in [0.2, 0.25) is 0 Å². The van der Waals surface area contributed by atoms with Gasteiger partial charge in [-0.25, -0.2) is 9.78 Å². The first-order valence-corrected chi connectivity index (χ1v) is 5.22. The topological polar surface area (TPSA) is 45.8 Å². The van der Waals surface area contributed by atoms with Gasteiger partial charge in [0.15, 0.2) is 0 Å². The first-order valence-electron chi connectivity index (χ1n) is 5.22. The molecular formula is C13H14N2O. The minimum atomic E-state index is -0.304. The molecule has 1 aromatic carbocycles.